The summed E-state index contributed by atoms with van der Waals surface area (Å²) in [6.45, 7) is 5.74. The Bertz CT molecular complexity index is 786. The van der Waals surface area contributed by atoms with E-state index in [-0.39, 0.29) is 35.8 Å². The van der Waals surface area contributed by atoms with Gasteiger partial charge in [0.15, 0.2) is 17.5 Å². The molecule has 160 valence electrons. The van der Waals surface area contributed by atoms with Crippen molar-refractivity contribution in [2.24, 2.45) is 4.99 Å². The van der Waals surface area contributed by atoms with Crippen LogP contribution in [0.3, 0.4) is 0 Å². The molecule has 1 unspecified atom stereocenters. The van der Waals surface area contributed by atoms with E-state index in [9.17, 15) is 5.11 Å². The van der Waals surface area contributed by atoms with Gasteiger partial charge in [0, 0.05) is 12.6 Å². The van der Waals surface area contributed by atoms with Gasteiger partial charge in [-0.3, -0.25) is 0 Å². The largest absolute Gasteiger partial charge is 0.504 e. The maximum atomic E-state index is 9.88. The maximum Gasteiger partial charge on any atom is 0.191 e. The normalized spacial score (nSPS) is 11.8. The molecule has 0 aliphatic carbocycles. The average Bonchev–Trinajstić information content (AvgIpc) is 2.70. The Morgan fingerprint density at radius 1 is 1.07 bits per heavy atom. The molecule has 29 heavy (non-hydrogen) atoms. The van der Waals surface area contributed by atoms with Crippen LogP contribution in [0.4, 0.5) is 0 Å². The van der Waals surface area contributed by atoms with Gasteiger partial charge < -0.3 is 30.0 Å². The van der Waals surface area contributed by atoms with Gasteiger partial charge >= 0.3 is 0 Å². The summed E-state index contributed by atoms with van der Waals surface area (Å²) in [5, 5.41) is 16.4. The summed E-state index contributed by atoms with van der Waals surface area (Å²) < 4.78 is 16.2. The highest BCUT2D eigenvalue weighted by atomic mass is 127. The molecule has 0 fully saturated rings. The molecule has 0 amide bonds. The predicted molar refractivity (Wildman–Crippen MR) is 126 cm³/mol. The molecule has 0 bridgehead atoms. The standard InChI is InChI=1S/C21H29N3O4.HI/c1-5-22-21(24-14-16-9-10-20(27-4)19(25)11-16)23-13-15(2)28-18-8-6-7-17(12-18)26-3;/h6-12,15,25H,5,13-14H2,1-4H3,(H2,22,23,24);1H. The fourth-order valence-electron chi connectivity index (χ4n) is 2.53. The third-order valence-corrected chi connectivity index (χ3v) is 3.94. The van der Waals surface area contributed by atoms with Gasteiger partial charge in [0.2, 0.25) is 0 Å². The molecule has 8 heteroatoms. The number of aliphatic imine (C=N–C) groups is 1. The SMILES string of the molecule is CCNC(=NCc1ccc(OC)c(O)c1)NCC(C)Oc1cccc(OC)c1.I. The monoisotopic (exact) mass is 515 g/mol. The number of halogens is 1. The third-order valence-electron chi connectivity index (χ3n) is 3.94. The van der Waals surface area contributed by atoms with E-state index in [1.165, 1.54) is 7.11 Å². The second-order valence-electron chi connectivity index (χ2n) is 6.19. The Labute approximate surface area is 189 Å². The number of methoxy groups -OCH3 is 2. The number of ether oxygens (including phenoxy) is 3. The average molecular weight is 515 g/mol. The molecule has 0 aliphatic rings. The van der Waals surface area contributed by atoms with Crippen LogP contribution in [0.25, 0.3) is 0 Å². The molecule has 0 aliphatic heterocycles. The van der Waals surface area contributed by atoms with Gasteiger partial charge in [-0.05, 0) is 43.7 Å². The molecular weight excluding hydrogens is 485 g/mol. The molecule has 0 saturated carbocycles. The van der Waals surface area contributed by atoms with Crippen molar-refractivity contribution in [2.45, 2.75) is 26.5 Å². The number of phenolic OH excluding ortho intramolecular Hbond substituents is 1. The first kappa shape index (κ1) is 24.7. The zero-order valence-corrected chi connectivity index (χ0v) is 19.6. The number of nitrogens with zero attached hydrogens (tertiary/aromatic N) is 1. The summed E-state index contributed by atoms with van der Waals surface area (Å²) in [6, 6.07) is 12.8. The van der Waals surface area contributed by atoms with E-state index in [1.54, 1.807) is 19.2 Å². The van der Waals surface area contributed by atoms with Crippen molar-refractivity contribution in [2.75, 3.05) is 27.3 Å². The van der Waals surface area contributed by atoms with Crippen molar-refractivity contribution in [1.82, 2.24) is 10.6 Å². The van der Waals surface area contributed by atoms with Crippen LogP contribution in [0, 0.1) is 0 Å². The molecule has 2 aromatic carbocycles. The maximum absolute atomic E-state index is 9.88. The number of rotatable bonds is 9. The lowest BCUT2D eigenvalue weighted by Crippen LogP contribution is -2.41. The van der Waals surface area contributed by atoms with Crippen molar-refractivity contribution in [3.63, 3.8) is 0 Å². The molecule has 2 rings (SSSR count). The lowest BCUT2D eigenvalue weighted by molar-refractivity contribution is 0.223. The zero-order valence-electron chi connectivity index (χ0n) is 17.3. The summed E-state index contributed by atoms with van der Waals surface area (Å²) in [5.74, 6) is 2.74. The van der Waals surface area contributed by atoms with E-state index in [1.807, 2.05) is 44.2 Å². The quantitative estimate of drug-likeness (QED) is 0.269. The Morgan fingerprint density at radius 3 is 2.48 bits per heavy atom. The fraction of sp³-hybridized carbons (Fsp3) is 0.381. The van der Waals surface area contributed by atoms with Crippen LogP contribution in [0.1, 0.15) is 19.4 Å². The molecule has 7 nitrogen and oxygen atoms in total. The first-order chi connectivity index (χ1) is 13.5. The molecular formula is C21H30IN3O4. The number of benzene rings is 2. The van der Waals surface area contributed by atoms with E-state index >= 15 is 0 Å². The van der Waals surface area contributed by atoms with Crippen molar-refractivity contribution < 1.29 is 19.3 Å². The van der Waals surface area contributed by atoms with Gasteiger partial charge in [-0.1, -0.05) is 12.1 Å². The minimum atomic E-state index is -0.0685. The Balaban J connectivity index is 0.00000420. The first-order valence-electron chi connectivity index (χ1n) is 9.24. The van der Waals surface area contributed by atoms with Gasteiger partial charge in [0.1, 0.15) is 17.6 Å². The highest BCUT2D eigenvalue weighted by Gasteiger charge is 2.07. The summed E-state index contributed by atoms with van der Waals surface area (Å²) in [7, 11) is 3.15. The van der Waals surface area contributed by atoms with Crippen LogP contribution in [-0.4, -0.2) is 44.5 Å². The van der Waals surface area contributed by atoms with Crippen LogP contribution in [0.15, 0.2) is 47.5 Å². The van der Waals surface area contributed by atoms with Crippen molar-refractivity contribution in [3.05, 3.63) is 48.0 Å². The summed E-state index contributed by atoms with van der Waals surface area (Å²) in [5.41, 5.74) is 0.885. The van der Waals surface area contributed by atoms with E-state index in [4.69, 9.17) is 14.2 Å². The molecule has 0 saturated heterocycles. The van der Waals surface area contributed by atoms with E-state index in [0.717, 1.165) is 23.6 Å². The fourth-order valence-corrected chi connectivity index (χ4v) is 2.53. The van der Waals surface area contributed by atoms with Gasteiger partial charge in [-0.2, -0.15) is 0 Å². The third kappa shape index (κ3) is 8.26. The van der Waals surface area contributed by atoms with Crippen LogP contribution < -0.4 is 24.8 Å². The smallest absolute Gasteiger partial charge is 0.191 e. The number of hydrogen-bond donors (Lipinski definition) is 3. The number of aromatic hydroxyl groups is 1. The van der Waals surface area contributed by atoms with Gasteiger partial charge in [-0.15, -0.1) is 24.0 Å². The van der Waals surface area contributed by atoms with Crippen molar-refractivity contribution in [3.8, 4) is 23.0 Å². The number of phenols is 1. The van der Waals surface area contributed by atoms with E-state index in [0.29, 0.717) is 24.8 Å². The molecule has 3 N–H and O–H groups in total. The second kappa shape index (κ2) is 13.0. The Kier molecular flexibility index (Phi) is 11.0. The van der Waals surface area contributed by atoms with E-state index in [2.05, 4.69) is 15.6 Å². The molecule has 0 heterocycles. The summed E-state index contributed by atoms with van der Waals surface area (Å²) in [6.07, 6.45) is -0.0685. The summed E-state index contributed by atoms with van der Waals surface area (Å²) >= 11 is 0. The van der Waals surface area contributed by atoms with Gasteiger partial charge in [0.25, 0.3) is 0 Å². The topological polar surface area (TPSA) is 84.3 Å². The van der Waals surface area contributed by atoms with Crippen LogP contribution in [0.2, 0.25) is 0 Å². The Hall–Kier alpha value is -2.36. The van der Waals surface area contributed by atoms with Gasteiger partial charge in [-0.25, -0.2) is 4.99 Å². The molecule has 2 aromatic rings. The molecule has 1 atom stereocenters. The highest BCUT2D eigenvalue weighted by molar-refractivity contribution is 14.0. The molecule has 0 aromatic heterocycles. The zero-order chi connectivity index (χ0) is 20.4. The molecule has 0 spiro atoms. The summed E-state index contributed by atoms with van der Waals surface area (Å²) in [4.78, 5) is 4.55. The minimum Gasteiger partial charge on any atom is -0.504 e. The van der Waals surface area contributed by atoms with Crippen molar-refractivity contribution >= 4 is 29.9 Å². The number of hydrogen-bond acceptors (Lipinski definition) is 5. The lowest BCUT2D eigenvalue weighted by atomic mass is 10.2. The lowest BCUT2D eigenvalue weighted by Gasteiger charge is -2.18. The van der Waals surface area contributed by atoms with E-state index < -0.39 is 0 Å². The van der Waals surface area contributed by atoms with Crippen LogP contribution >= 0.6 is 24.0 Å². The molecule has 0 radical (unpaired) electrons. The van der Waals surface area contributed by atoms with Crippen molar-refractivity contribution in [1.29, 1.82) is 0 Å². The predicted octanol–water partition coefficient (Wildman–Crippen LogP) is 3.55. The van der Waals surface area contributed by atoms with Gasteiger partial charge in [0.05, 0.1) is 27.3 Å². The highest BCUT2D eigenvalue weighted by Crippen LogP contribution is 2.26. The second-order valence-corrected chi connectivity index (χ2v) is 6.19. The first-order valence-corrected chi connectivity index (χ1v) is 9.24. The minimum absolute atomic E-state index is 0. The number of nitrogens with one attached hydrogen (secondary N) is 2. The van der Waals surface area contributed by atoms with Crippen LogP contribution in [0.5, 0.6) is 23.0 Å². The van der Waals surface area contributed by atoms with Crippen LogP contribution in [-0.2, 0) is 6.54 Å². The number of guanidine groups is 1. The Morgan fingerprint density at radius 2 is 1.83 bits per heavy atom.